The van der Waals surface area contributed by atoms with Crippen molar-refractivity contribution in [3.8, 4) is 11.3 Å². The van der Waals surface area contributed by atoms with Crippen LogP contribution in [0.3, 0.4) is 0 Å². The molecule has 0 atom stereocenters. The first kappa shape index (κ1) is 21.6. The van der Waals surface area contributed by atoms with Crippen LogP contribution >= 0.6 is 0 Å². The summed E-state index contributed by atoms with van der Waals surface area (Å²) in [5.74, 6) is 0.481. The molecule has 1 amide bonds. The lowest BCUT2D eigenvalue weighted by atomic mass is 10.1. The van der Waals surface area contributed by atoms with Crippen LogP contribution in [-0.4, -0.2) is 42.4 Å². The Morgan fingerprint density at radius 2 is 1.47 bits per heavy atom. The number of carbonyl (C=O) groups excluding carboxylic acids is 1. The van der Waals surface area contributed by atoms with Gasteiger partial charge in [0.2, 0.25) is 0 Å². The van der Waals surface area contributed by atoms with Crippen LogP contribution in [0.15, 0.2) is 91.0 Å². The molecule has 7 nitrogen and oxygen atoms in total. The van der Waals surface area contributed by atoms with Gasteiger partial charge in [0, 0.05) is 41.3 Å². The van der Waals surface area contributed by atoms with E-state index in [-0.39, 0.29) is 5.91 Å². The normalized spacial score (nSPS) is 13.4. The average Bonchev–Trinajstić information content (AvgIpc) is 2.91. The summed E-state index contributed by atoms with van der Waals surface area (Å²) < 4.78 is 5.40. The van der Waals surface area contributed by atoms with Gasteiger partial charge < -0.3 is 20.3 Å². The van der Waals surface area contributed by atoms with E-state index in [1.54, 1.807) is 12.1 Å². The molecule has 170 valence electrons. The van der Waals surface area contributed by atoms with Crippen LogP contribution in [0.1, 0.15) is 10.4 Å². The summed E-state index contributed by atoms with van der Waals surface area (Å²) in [5, 5.41) is 14.7. The van der Waals surface area contributed by atoms with Crippen LogP contribution in [-0.2, 0) is 4.74 Å². The fourth-order valence-electron chi connectivity index (χ4n) is 3.80. The zero-order valence-electron chi connectivity index (χ0n) is 18.6. The second-order valence-electron chi connectivity index (χ2n) is 7.97. The summed E-state index contributed by atoms with van der Waals surface area (Å²) in [4.78, 5) is 14.9. The SMILES string of the molecule is O=C(Nc1ccc(N2CCOCC2)cc1)c1ccc(Nc2ccc(-c3ccccc3)nn2)cc1. The summed E-state index contributed by atoms with van der Waals surface area (Å²) in [7, 11) is 0. The Labute approximate surface area is 198 Å². The van der Waals surface area contributed by atoms with E-state index in [1.807, 2.05) is 78.9 Å². The molecule has 1 saturated heterocycles. The number of amides is 1. The maximum Gasteiger partial charge on any atom is 0.255 e. The first-order valence-corrected chi connectivity index (χ1v) is 11.2. The minimum atomic E-state index is -0.155. The molecule has 3 aromatic carbocycles. The van der Waals surface area contributed by atoms with E-state index >= 15 is 0 Å². The zero-order valence-corrected chi connectivity index (χ0v) is 18.6. The number of aromatic nitrogens is 2. The molecule has 0 saturated carbocycles. The molecule has 2 heterocycles. The van der Waals surface area contributed by atoms with Crippen molar-refractivity contribution in [3.05, 3.63) is 96.6 Å². The lowest BCUT2D eigenvalue weighted by Gasteiger charge is -2.28. The van der Waals surface area contributed by atoms with Gasteiger partial charge in [0.15, 0.2) is 5.82 Å². The second-order valence-corrected chi connectivity index (χ2v) is 7.97. The van der Waals surface area contributed by atoms with E-state index in [9.17, 15) is 4.79 Å². The fraction of sp³-hybridized carbons (Fsp3) is 0.148. The Bertz CT molecular complexity index is 1220. The van der Waals surface area contributed by atoms with Crippen LogP contribution in [0, 0.1) is 0 Å². The number of nitrogens with zero attached hydrogens (tertiary/aromatic N) is 3. The first-order valence-electron chi connectivity index (χ1n) is 11.2. The molecule has 0 unspecified atom stereocenters. The van der Waals surface area contributed by atoms with Gasteiger partial charge in [0.25, 0.3) is 5.91 Å². The molecule has 0 radical (unpaired) electrons. The summed E-state index contributed by atoms with van der Waals surface area (Å²) in [6.45, 7) is 3.26. The molecule has 34 heavy (non-hydrogen) atoms. The topological polar surface area (TPSA) is 79.4 Å². The lowest BCUT2D eigenvalue weighted by molar-refractivity contribution is 0.102. The smallest absolute Gasteiger partial charge is 0.255 e. The Morgan fingerprint density at radius 1 is 0.765 bits per heavy atom. The van der Waals surface area contributed by atoms with E-state index in [4.69, 9.17) is 4.74 Å². The van der Waals surface area contributed by atoms with Crippen LogP contribution in [0.4, 0.5) is 22.9 Å². The number of rotatable bonds is 6. The number of nitrogens with one attached hydrogen (secondary N) is 2. The van der Waals surface area contributed by atoms with Crippen LogP contribution in [0.2, 0.25) is 0 Å². The van der Waals surface area contributed by atoms with Crippen molar-refractivity contribution >= 4 is 28.8 Å². The van der Waals surface area contributed by atoms with E-state index in [0.29, 0.717) is 11.4 Å². The summed E-state index contributed by atoms with van der Waals surface area (Å²) in [5.41, 5.74) is 5.14. The van der Waals surface area contributed by atoms with Crippen LogP contribution in [0.5, 0.6) is 0 Å². The number of morpholine rings is 1. The molecule has 7 heteroatoms. The molecule has 1 aliphatic heterocycles. The Balaban J connectivity index is 1.18. The lowest BCUT2D eigenvalue weighted by Crippen LogP contribution is -2.36. The molecule has 0 spiro atoms. The third-order valence-corrected chi connectivity index (χ3v) is 5.65. The largest absolute Gasteiger partial charge is 0.378 e. The van der Waals surface area contributed by atoms with Crippen molar-refractivity contribution in [2.24, 2.45) is 0 Å². The van der Waals surface area contributed by atoms with Gasteiger partial charge >= 0.3 is 0 Å². The number of hydrogen-bond donors (Lipinski definition) is 2. The van der Waals surface area contributed by atoms with E-state index in [1.165, 1.54) is 0 Å². The molecule has 5 rings (SSSR count). The quantitative estimate of drug-likeness (QED) is 0.431. The van der Waals surface area contributed by atoms with E-state index in [2.05, 4.69) is 25.7 Å². The highest BCUT2D eigenvalue weighted by molar-refractivity contribution is 6.04. The van der Waals surface area contributed by atoms with Crippen molar-refractivity contribution in [2.45, 2.75) is 0 Å². The molecule has 0 bridgehead atoms. The van der Waals surface area contributed by atoms with E-state index < -0.39 is 0 Å². The summed E-state index contributed by atoms with van der Waals surface area (Å²) in [6, 6.07) is 28.9. The minimum Gasteiger partial charge on any atom is -0.378 e. The van der Waals surface area contributed by atoms with Crippen molar-refractivity contribution < 1.29 is 9.53 Å². The molecule has 4 aromatic rings. The van der Waals surface area contributed by atoms with Crippen LogP contribution in [0.25, 0.3) is 11.3 Å². The summed E-state index contributed by atoms with van der Waals surface area (Å²) in [6.07, 6.45) is 0. The predicted octanol–water partition coefficient (Wildman–Crippen LogP) is 4.98. The van der Waals surface area contributed by atoms with Gasteiger partial charge in [-0.25, -0.2) is 0 Å². The zero-order chi connectivity index (χ0) is 23.2. The highest BCUT2D eigenvalue weighted by Gasteiger charge is 2.12. The standard InChI is InChI=1S/C27H25N5O2/c33-27(29-23-10-12-24(13-11-23)32-16-18-34-19-17-32)21-6-8-22(9-7-21)28-26-15-14-25(30-31-26)20-4-2-1-3-5-20/h1-15H,16-19H2,(H,28,31)(H,29,33). The molecular weight excluding hydrogens is 426 g/mol. The van der Waals surface area contributed by atoms with Gasteiger partial charge in [-0.1, -0.05) is 30.3 Å². The summed E-state index contributed by atoms with van der Waals surface area (Å²) >= 11 is 0. The minimum absolute atomic E-state index is 0.155. The number of ether oxygens (including phenoxy) is 1. The third kappa shape index (κ3) is 5.22. The van der Waals surface area contributed by atoms with Gasteiger partial charge in [-0.05, 0) is 60.7 Å². The highest BCUT2D eigenvalue weighted by atomic mass is 16.5. The molecular formula is C27H25N5O2. The van der Waals surface area contributed by atoms with Crippen molar-refractivity contribution in [1.82, 2.24) is 10.2 Å². The van der Waals surface area contributed by atoms with Gasteiger partial charge in [0.05, 0.1) is 18.9 Å². The Hall–Kier alpha value is -4.23. The van der Waals surface area contributed by atoms with Crippen LogP contribution < -0.4 is 15.5 Å². The van der Waals surface area contributed by atoms with Crippen molar-refractivity contribution in [2.75, 3.05) is 41.8 Å². The van der Waals surface area contributed by atoms with E-state index in [0.717, 1.165) is 54.6 Å². The van der Waals surface area contributed by atoms with Gasteiger partial charge in [0.1, 0.15) is 0 Å². The highest BCUT2D eigenvalue weighted by Crippen LogP contribution is 2.21. The molecule has 1 aliphatic rings. The number of benzene rings is 3. The maximum absolute atomic E-state index is 12.7. The Kier molecular flexibility index (Phi) is 6.45. The monoisotopic (exact) mass is 451 g/mol. The molecule has 1 fully saturated rings. The van der Waals surface area contributed by atoms with Gasteiger partial charge in [-0.3, -0.25) is 4.79 Å². The number of hydrogen-bond acceptors (Lipinski definition) is 6. The third-order valence-electron chi connectivity index (χ3n) is 5.65. The predicted molar refractivity (Wildman–Crippen MR) is 135 cm³/mol. The van der Waals surface area contributed by atoms with Gasteiger partial charge in [-0.15, -0.1) is 10.2 Å². The Morgan fingerprint density at radius 3 is 2.15 bits per heavy atom. The maximum atomic E-state index is 12.7. The first-order chi connectivity index (χ1) is 16.7. The fourth-order valence-corrected chi connectivity index (χ4v) is 3.80. The number of anilines is 4. The van der Waals surface area contributed by atoms with Crippen molar-refractivity contribution in [1.29, 1.82) is 0 Å². The number of carbonyl (C=O) groups is 1. The average molecular weight is 452 g/mol. The molecule has 2 N–H and O–H groups in total. The van der Waals surface area contributed by atoms with Crippen molar-refractivity contribution in [3.63, 3.8) is 0 Å². The van der Waals surface area contributed by atoms with Gasteiger partial charge in [-0.2, -0.15) is 0 Å². The molecule has 1 aromatic heterocycles. The molecule has 0 aliphatic carbocycles. The second kappa shape index (κ2) is 10.1.